The molecule has 0 aromatic carbocycles. The first-order valence-corrected chi connectivity index (χ1v) is 7.75. The van der Waals surface area contributed by atoms with Gasteiger partial charge >= 0.3 is 0 Å². The third-order valence-electron chi connectivity index (χ3n) is 4.90. The average Bonchev–Trinajstić information content (AvgIpc) is 3.10. The van der Waals surface area contributed by atoms with Crippen molar-refractivity contribution in [3.05, 3.63) is 0 Å². The van der Waals surface area contributed by atoms with Crippen LogP contribution >= 0.6 is 0 Å². The Labute approximate surface area is 105 Å². The average molecular weight is 237 g/mol. The fourth-order valence-electron chi connectivity index (χ4n) is 3.58. The van der Waals surface area contributed by atoms with E-state index in [-0.39, 0.29) is 0 Å². The second-order valence-corrected chi connectivity index (χ2v) is 6.46. The van der Waals surface area contributed by atoms with Crippen molar-refractivity contribution in [3.63, 3.8) is 0 Å². The van der Waals surface area contributed by atoms with E-state index in [1.807, 2.05) is 0 Å². The van der Waals surface area contributed by atoms with E-state index >= 15 is 0 Å². The molecule has 1 aliphatic heterocycles. The quantitative estimate of drug-likeness (QED) is 0.741. The lowest BCUT2D eigenvalue weighted by molar-refractivity contribution is -0.0623. The molecule has 0 radical (unpaired) electrons. The topological polar surface area (TPSA) is 21.3 Å². The van der Waals surface area contributed by atoms with E-state index in [0.29, 0.717) is 11.7 Å². The number of hydrogen-bond donors (Lipinski definition) is 1. The zero-order chi connectivity index (χ0) is 11.6. The molecule has 0 aromatic rings. The zero-order valence-corrected chi connectivity index (χ0v) is 11.0. The molecule has 0 bridgehead atoms. The van der Waals surface area contributed by atoms with Crippen molar-refractivity contribution in [1.29, 1.82) is 0 Å². The number of nitrogens with one attached hydrogen (secondary N) is 1. The van der Waals surface area contributed by atoms with Gasteiger partial charge in [-0.2, -0.15) is 0 Å². The minimum Gasteiger partial charge on any atom is -0.370 e. The van der Waals surface area contributed by atoms with Crippen molar-refractivity contribution in [2.45, 2.75) is 75.9 Å². The molecule has 2 nitrogen and oxygen atoms in total. The summed E-state index contributed by atoms with van der Waals surface area (Å²) in [6.45, 7) is 2.30. The van der Waals surface area contributed by atoms with Gasteiger partial charge in [-0.05, 0) is 44.6 Å². The SMILES string of the molecule is C1CCC2(CC1)CCC(CNCCC1CC1)O2. The fraction of sp³-hybridized carbons (Fsp3) is 1.00. The second-order valence-electron chi connectivity index (χ2n) is 6.46. The molecule has 98 valence electrons. The van der Waals surface area contributed by atoms with Crippen LogP contribution in [0.15, 0.2) is 0 Å². The number of rotatable bonds is 5. The van der Waals surface area contributed by atoms with Crippen LogP contribution in [0.2, 0.25) is 0 Å². The number of ether oxygens (including phenoxy) is 1. The summed E-state index contributed by atoms with van der Waals surface area (Å²) in [4.78, 5) is 0. The van der Waals surface area contributed by atoms with Crippen molar-refractivity contribution in [1.82, 2.24) is 5.32 Å². The maximum absolute atomic E-state index is 6.35. The Morgan fingerprint density at radius 2 is 1.82 bits per heavy atom. The largest absolute Gasteiger partial charge is 0.370 e. The van der Waals surface area contributed by atoms with Crippen molar-refractivity contribution < 1.29 is 4.74 Å². The molecule has 0 amide bonds. The maximum atomic E-state index is 6.35. The first-order valence-electron chi connectivity index (χ1n) is 7.75. The highest BCUT2D eigenvalue weighted by Crippen LogP contribution is 2.41. The Bertz CT molecular complexity index is 243. The molecular weight excluding hydrogens is 210 g/mol. The molecule has 1 heterocycles. The Hall–Kier alpha value is -0.0800. The highest BCUT2D eigenvalue weighted by molar-refractivity contribution is 4.91. The summed E-state index contributed by atoms with van der Waals surface area (Å²) in [5.74, 6) is 1.05. The highest BCUT2D eigenvalue weighted by Gasteiger charge is 2.40. The van der Waals surface area contributed by atoms with Crippen LogP contribution in [0.1, 0.15) is 64.2 Å². The Morgan fingerprint density at radius 3 is 2.59 bits per heavy atom. The highest BCUT2D eigenvalue weighted by atomic mass is 16.5. The monoisotopic (exact) mass is 237 g/mol. The van der Waals surface area contributed by atoms with Crippen LogP contribution in [0.3, 0.4) is 0 Å². The maximum Gasteiger partial charge on any atom is 0.0708 e. The van der Waals surface area contributed by atoms with Gasteiger partial charge in [0.15, 0.2) is 0 Å². The minimum absolute atomic E-state index is 0.307. The first kappa shape index (κ1) is 12.0. The molecule has 3 aliphatic rings. The van der Waals surface area contributed by atoms with E-state index < -0.39 is 0 Å². The fourth-order valence-corrected chi connectivity index (χ4v) is 3.58. The Morgan fingerprint density at radius 1 is 1.00 bits per heavy atom. The summed E-state index contributed by atoms with van der Waals surface area (Å²) in [7, 11) is 0. The zero-order valence-electron chi connectivity index (χ0n) is 11.0. The van der Waals surface area contributed by atoms with Gasteiger partial charge in [0.05, 0.1) is 11.7 Å². The lowest BCUT2D eigenvalue weighted by Gasteiger charge is -2.33. The van der Waals surface area contributed by atoms with Crippen LogP contribution in [0, 0.1) is 5.92 Å². The molecule has 2 aliphatic carbocycles. The van der Waals surface area contributed by atoms with Gasteiger partial charge in [-0.15, -0.1) is 0 Å². The Kier molecular flexibility index (Phi) is 3.72. The van der Waals surface area contributed by atoms with Gasteiger partial charge < -0.3 is 10.1 Å². The van der Waals surface area contributed by atoms with Gasteiger partial charge in [-0.3, -0.25) is 0 Å². The van der Waals surface area contributed by atoms with Gasteiger partial charge in [0.1, 0.15) is 0 Å². The summed E-state index contributed by atoms with van der Waals surface area (Å²) >= 11 is 0. The molecule has 2 saturated carbocycles. The van der Waals surface area contributed by atoms with Gasteiger partial charge in [0, 0.05) is 6.54 Å². The summed E-state index contributed by atoms with van der Waals surface area (Å²) in [5.41, 5.74) is 0.307. The van der Waals surface area contributed by atoms with Crippen LogP contribution in [0.25, 0.3) is 0 Å². The van der Waals surface area contributed by atoms with E-state index in [1.54, 1.807) is 0 Å². The summed E-state index contributed by atoms with van der Waals surface area (Å²) < 4.78 is 6.35. The molecule has 1 atom stereocenters. The molecule has 1 saturated heterocycles. The van der Waals surface area contributed by atoms with Gasteiger partial charge in [-0.1, -0.05) is 32.1 Å². The van der Waals surface area contributed by atoms with E-state index in [1.165, 1.54) is 70.8 Å². The third kappa shape index (κ3) is 3.23. The van der Waals surface area contributed by atoms with Crippen LogP contribution in [-0.4, -0.2) is 24.8 Å². The van der Waals surface area contributed by atoms with Crippen LogP contribution in [0.4, 0.5) is 0 Å². The van der Waals surface area contributed by atoms with Crippen molar-refractivity contribution in [2.75, 3.05) is 13.1 Å². The molecule has 3 fully saturated rings. The smallest absolute Gasteiger partial charge is 0.0708 e. The van der Waals surface area contributed by atoms with E-state index in [9.17, 15) is 0 Å². The normalized spacial score (nSPS) is 32.1. The van der Waals surface area contributed by atoms with Gasteiger partial charge in [0.25, 0.3) is 0 Å². The van der Waals surface area contributed by atoms with Crippen molar-refractivity contribution in [3.8, 4) is 0 Å². The van der Waals surface area contributed by atoms with E-state index in [0.717, 1.165) is 12.5 Å². The number of hydrogen-bond acceptors (Lipinski definition) is 2. The molecule has 1 unspecified atom stereocenters. The Balaban J connectivity index is 1.34. The molecule has 17 heavy (non-hydrogen) atoms. The summed E-state index contributed by atoms with van der Waals surface area (Å²) in [6, 6.07) is 0. The first-order chi connectivity index (χ1) is 8.36. The molecule has 1 spiro atoms. The lowest BCUT2D eigenvalue weighted by atomic mass is 9.83. The van der Waals surface area contributed by atoms with Crippen LogP contribution in [-0.2, 0) is 4.74 Å². The molecule has 2 heteroatoms. The minimum atomic E-state index is 0.307. The molecular formula is C15H27NO. The van der Waals surface area contributed by atoms with Gasteiger partial charge in [0.2, 0.25) is 0 Å². The summed E-state index contributed by atoms with van der Waals surface area (Å²) in [6.07, 6.45) is 14.3. The van der Waals surface area contributed by atoms with Gasteiger partial charge in [-0.25, -0.2) is 0 Å². The predicted octanol–water partition coefficient (Wildman–Crippen LogP) is 3.26. The van der Waals surface area contributed by atoms with Crippen LogP contribution < -0.4 is 5.32 Å². The van der Waals surface area contributed by atoms with Crippen molar-refractivity contribution in [2.24, 2.45) is 5.92 Å². The third-order valence-corrected chi connectivity index (χ3v) is 4.90. The molecule has 0 aromatic heterocycles. The van der Waals surface area contributed by atoms with Crippen LogP contribution in [0.5, 0.6) is 0 Å². The molecule has 3 rings (SSSR count). The predicted molar refractivity (Wildman–Crippen MR) is 70.1 cm³/mol. The standard InChI is InChI=1S/C15H27NO/c1-2-8-15(9-3-1)10-6-14(17-15)12-16-11-7-13-4-5-13/h13-14,16H,1-12H2. The molecule has 1 N–H and O–H groups in total. The lowest BCUT2D eigenvalue weighted by Crippen LogP contribution is -2.34. The van der Waals surface area contributed by atoms with E-state index in [4.69, 9.17) is 4.74 Å². The summed E-state index contributed by atoms with van der Waals surface area (Å²) in [5, 5.41) is 3.60. The second kappa shape index (κ2) is 5.27. The van der Waals surface area contributed by atoms with E-state index in [2.05, 4.69) is 5.32 Å². The van der Waals surface area contributed by atoms with Crippen molar-refractivity contribution >= 4 is 0 Å².